The zero-order chi connectivity index (χ0) is 7.11. The van der Waals surface area contributed by atoms with Crippen molar-refractivity contribution in [1.82, 2.24) is 5.32 Å². The second kappa shape index (κ2) is 5.61. The number of nitrogens with one attached hydrogen (secondary N) is 1. The average molecular weight is 127 g/mol. The fraction of sp³-hybridized carbons (Fsp3) is 0.714. The third-order valence-corrected chi connectivity index (χ3v) is 0.990. The van der Waals surface area contributed by atoms with Crippen molar-refractivity contribution in [2.24, 2.45) is 0 Å². The predicted molar refractivity (Wildman–Crippen MR) is 38.0 cm³/mol. The Bertz CT molecular complexity index is 112. The van der Waals surface area contributed by atoms with E-state index in [-0.39, 0.29) is 12.6 Å². The third kappa shape index (κ3) is 5.35. The molecule has 0 amide bonds. The summed E-state index contributed by atoms with van der Waals surface area (Å²) < 4.78 is 0. The predicted octanol–water partition coefficient (Wildman–Crippen LogP) is -0.0199. The molecule has 9 heavy (non-hydrogen) atoms. The van der Waals surface area contributed by atoms with E-state index >= 15 is 0 Å². The van der Waals surface area contributed by atoms with Crippen LogP contribution < -0.4 is 5.32 Å². The molecule has 0 fully saturated rings. The van der Waals surface area contributed by atoms with Crippen LogP contribution in [0.4, 0.5) is 0 Å². The van der Waals surface area contributed by atoms with Gasteiger partial charge in [-0.15, -0.1) is 5.92 Å². The Morgan fingerprint density at radius 1 is 1.67 bits per heavy atom. The number of aliphatic hydroxyl groups excluding tert-OH is 1. The summed E-state index contributed by atoms with van der Waals surface area (Å²) in [5.41, 5.74) is 0. The Balaban J connectivity index is 3.13. The zero-order valence-corrected chi connectivity index (χ0v) is 5.94. The van der Waals surface area contributed by atoms with E-state index in [0.717, 1.165) is 0 Å². The van der Waals surface area contributed by atoms with E-state index in [1.54, 1.807) is 6.92 Å². The van der Waals surface area contributed by atoms with Gasteiger partial charge in [0, 0.05) is 6.04 Å². The largest absolute Gasteiger partial charge is 0.395 e. The standard InChI is InChI=1S/C7H13NO/c1-3-4-5-8-7(2)6-9/h7-9H,5-6H2,1-2H3. The highest BCUT2D eigenvalue weighted by molar-refractivity contribution is 4.97. The molecule has 0 aliphatic heterocycles. The van der Waals surface area contributed by atoms with E-state index in [1.165, 1.54) is 0 Å². The van der Waals surface area contributed by atoms with Crippen LogP contribution in [0.2, 0.25) is 0 Å². The van der Waals surface area contributed by atoms with Crippen LogP contribution in [-0.4, -0.2) is 24.3 Å². The molecular formula is C7H13NO. The van der Waals surface area contributed by atoms with Gasteiger partial charge >= 0.3 is 0 Å². The Morgan fingerprint density at radius 3 is 2.78 bits per heavy atom. The molecule has 2 heteroatoms. The van der Waals surface area contributed by atoms with Crippen LogP contribution in [0.5, 0.6) is 0 Å². The summed E-state index contributed by atoms with van der Waals surface area (Å²) in [6, 6.07) is 0.158. The van der Waals surface area contributed by atoms with Crippen LogP contribution in [0.25, 0.3) is 0 Å². The maximum atomic E-state index is 8.52. The first-order valence-electron chi connectivity index (χ1n) is 3.05. The van der Waals surface area contributed by atoms with Gasteiger partial charge in [0.05, 0.1) is 13.2 Å². The molecule has 0 saturated heterocycles. The summed E-state index contributed by atoms with van der Waals surface area (Å²) in [6.45, 7) is 4.55. The molecule has 52 valence electrons. The molecule has 0 aromatic rings. The molecule has 0 saturated carbocycles. The topological polar surface area (TPSA) is 32.3 Å². The highest BCUT2D eigenvalue weighted by atomic mass is 16.3. The number of rotatable bonds is 3. The normalized spacial score (nSPS) is 11.9. The van der Waals surface area contributed by atoms with Crippen LogP contribution in [0.15, 0.2) is 0 Å². The quantitative estimate of drug-likeness (QED) is 0.522. The van der Waals surface area contributed by atoms with E-state index in [1.807, 2.05) is 6.92 Å². The fourth-order valence-corrected chi connectivity index (χ4v) is 0.378. The van der Waals surface area contributed by atoms with Gasteiger partial charge in [0.25, 0.3) is 0 Å². The van der Waals surface area contributed by atoms with Crippen molar-refractivity contribution in [3.05, 3.63) is 0 Å². The van der Waals surface area contributed by atoms with E-state index in [9.17, 15) is 0 Å². The number of hydrogen-bond donors (Lipinski definition) is 2. The molecule has 0 rings (SSSR count). The van der Waals surface area contributed by atoms with Gasteiger partial charge in [0.15, 0.2) is 0 Å². The summed E-state index contributed by atoms with van der Waals surface area (Å²) in [5, 5.41) is 11.5. The molecule has 0 aromatic carbocycles. The lowest BCUT2D eigenvalue weighted by Gasteiger charge is -2.05. The van der Waals surface area contributed by atoms with Crippen LogP contribution in [-0.2, 0) is 0 Å². The van der Waals surface area contributed by atoms with Crippen LogP contribution in [0, 0.1) is 11.8 Å². The van der Waals surface area contributed by atoms with Crippen molar-refractivity contribution in [2.45, 2.75) is 19.9 Å². The lowest BCUT2D eigenvalue weighted by Crippen LogP contribution is -2.29. The van der Waals surface area contributed by atoms with Crippen LogP contribution in [0.1, 0.15) is 13.8 Å². The molecule has 1 atom stereocenters. The highest BCUT2D eigenvalue weighted by Gasteiger charge is 1.92. The Labute approximate surface area is 56.3 Å². The van der Waals surface area contributed by atoms with Gasteiger partial charge in [-0.2, -0.15) is 0 Å². The Kier molecular flexibility index (Phi) is 5.29. The third-order valence-electron chi connectivity index (χ3n) is 0.990. The minimum atomic E-state index is 0.158. The smallest absolute Gasteiger partial charge is 0.0582 e. The molecule has 0 heterocycles. The van der Waals surface area contributed by atoms with Gasteiger partial charge in [0.1, 0.15) is 0 Å². The molecule has 0 spiro atoms. The summed E-state index contributed by atoms with van der Waals surface area (Å²) in [4.78, 5) is 0. The minimum Gasteiger partial charge on any atom is -0.395 e. The molecule has 1 unspecified atom stereocenters. The zero-order valence-electron chi connectivity index (χ0n) is 5.94. The molecule has 0 radical (unpaired) electrons. The van der Waals surface area contributed by atoms with E-state index < -0.39 is 0 Å². The van der Waals surface area contributed by atoms with E-state index in [2.05, 4.69) is 17.2 Å². The second-order valence-corrected chi connectivity index (χ2v) is 1.89. The maximum absolute atomic E-state index is 8.52. The van der Waals surface area contributed by atoms with Crippen molar-refractivity contribution < 1.29 is 5.11 Å². The SMILES string of the molecule is CC#CCNC(C)CO. The molecule has 2 N–H and O–H groups in total. The van der Waals surface area contributed by atoms with Gasteiger partial charge in [0.2, 0.25) is 0 Å². The molecule has 0 aromatic heterocycles. The molecule has 0 bridgehead atoms. The summed E-state index contributed by atoms with van der Waals surface area (Å²) in [6.07, 6.45) is 0. The summed E-state index contributed by atoms with van der Waals surface area (Å²) in [5.74, 6) is 5.59. The first kappa shape index (κ1) is 8.48. The average Bonchev–Trinajstić information content (AvgIpc) is 1.89. The van der Waals surface area contributed by atoms with Gasteiger partial charge in [-0.3, -0.25) is 0 Å². The van der Waals surface area contributed by atoms with Crippen LogP contribution in [0.3, 0.4) is 0 Å². The van der Waals surface area contributed by atoms with E-state index in [4.69, 9.17) is 5.11 Å². The molecule has 0 aliphatic rings. The van der Waals surface area contributed by atoms with Gasteiger partial charge in [-0.25, -0.2) is 0 Å². The van der Waals surface area contributed by atoms with Gasteiger partial charge in [-0.05, 0) is 13.8 Å². The summed E-state index contributed by atoms with van der Waals surface area (Å²) >= 11 is 0. The molecule has 2 nitrogen and oxygen atoms in total. The fourth-order valence-electron chi connectivity index (χ4n) is 0.378. The molecular weight excluding hydrogens is 114 g/mol. The summed E-state index contributed by atoms with van der Waals surface area (Å²) in [7, 11) is 0. The first-order chi connectivity index (χ1) is 4.31. The maximum Gasteiger partial charge on any atom is 0.0582 e. The monoisotopic (exact) mass is 127 g/mol. The number of aliphatic hydroxyl groups is 1. The van der Waals surface area contributed by atoms with Crippen molar-refractivity contribution in [2.75, 3.05) is 13.2 Å². The Hall–Kier alpha value is -0.520. The second-order valence-electron chi connectivity index (χ2n) is 1.89. The molecule has 0 aliphatic carbocycles. The van der Waals surface area contributed by atoms with E-state index in [0.29, 0.717) is 6.54 Å². The van der Waals surface area contributed by atoms with Crippen molar-refractivity contribution in [3.63, 3.8) is 0 Å². The lowest BCUT2D eigenvalue weighted by molar-refractivity contribution is 0.255. The van der Waals surface area contributed by atoms with Gasteiger partial charge in [-0.1, -0.05) is 5.92 Å². The van der Waals surface area contributed by atoms with Crippen molar-refractivity contribution in [1.29, 1.82) is 0 Å². The first-order valence-corrected chi connectivity index (χ1v) is 3.05. The van der Waals surface area contributed by atoms with Crippen LogP contribution >= 0.6 is 0 Å². The van der Waals surface area contributed by atoms with Gasteiger partial charge < -0.3 is 10.4 Å². The van der Waals surface area contributed by atoms with Crippen molar-refractivity contribution in [3.8, 4) is 11.8 Å². The Morgan fingerprint density at radius 2 is 2.33 bits per heavy atom. The highest BCUT2D eigenvalue weighted by Crippen LogP contribution is 1.74. The lowest BCUT2D eigenvalue weighted by atomic mass is 10.3. The van der Waals surface area contributed by atoms with Crippen molar-refractivity contribution >= 4 is 0 Å². The number of hydrogen-bond acceptors (Lipinski definition) is 2. The minimum absolute atomic E-state index is 0.158.